The van der Waals surface area contributed by atoms with Crippen LogP contribution < -0.4 is 15.1 Å². The van der Waals surface area contributed by atoms with Crippen molar-refractivity contribution in [2.24, 2.45) is 0 Å². The molecule has 0 saturated heterocycles. The number of pyridine rings is 1. The lowest BCUT2D eigenvalue weighted by Gasteiger charge is -2.35. The zero-order valence-electron chi connectivity index (χ0n) is 18.0. The maximum atomic E-state index is 12.6. The number of fused-ring (bicyclic) bond motifs is 1. The Morgan fingerprint density at radius 2 is 2.00 bits per heavy atom. The average molecular weight is 395 g/mol. The van der Waals surface area contributed by atoms with E-state index < -0.39 is 0 Å². The van der Waals surface area contributed by atoms with E-state index in [9.17, 15) is 9.59 Å². The maximum absolute atomic E-state index is 12.6. The minimum atomic E-state index is -0.0639. The molecule has 2 aromatic rings. The highest BCUT2D eigenvalue weighted by Crippen LogP contribution is 2.41. The number of Topliss-reactive ketones (excluding diaryl/α,β-unsaturated/α-hetero) is 1. The highest BCUT2D eigenvalue weighted by molar-refractivity contribution is 6.06. The van der Waals surface area contributed by atoms with E-state index in [2.05, 4.69) is 24.1 Å². The molecule has 3 rings (SSSR count). The third-order valence-corrected chi connectivity index (χ3v) is 5.33. The largest absolute Gasteiger partial charge is 0.370 e. The Bertz CT molecular complexity index is 939. The number of nitrogens with zero attached hydrogens (tertiary/aromatic N) is 3. The van der Waals surface area contributed by atoms with Crippen LogP contribution in [0.3, 0.4) is 0 Å². The SMILES string of the molecule is CCCCN(CC)c1cc(C)nc2c1NC(=O)CN2c1ccc(C(C)=O)cc1C. The standard InChI is InChI=1S/C23H30N4O2/c1-6-8-11-26(7-2)20-13-16(4)24-23-22(20)25-21(29)14-27(23)19-10-9-18(17(5)28)12-15(19)3/h9-10,12-13H,6-8,11,14H2,1-5H3,(H,25,29). The summed E-state index contributed by atoms with van der Waals surface area (Å²) < 4.78 is 0. The van der Waals surface area contributed by atoms with Crippen molar-refractivity contribution in [1.82, 2.24) is 4.98 Å². The summed E-state index contributed by atoms with van der Waals surface area (Å²) >= 11 is 0. The monoisotopic (exact) mass is 394 g/mol. The predicted molar refractivity (Wildman–Crippen MR) is 119 cm³/mol. The summed E-state index contributed by atoms with van der Waals surface area (Å²) in [5.74, 6) is 0.724. The molecule has 0 bridgehead atoms. The van der Waals surface area contributed by atoms with Gasteiger partial charge in [-0.15, -0.1) is 0 Å². The van der Waals surface area contributed by atoms with Gasteiger partial charge in [0.15, 0.2) is 11.6 Å². The van der Waals surface area contributed by atoms with Gasteiger partial charge in [-0.2, -0.15) is 0 Å². The highest BCUT2D eigenvalue weighted by Gasteiger charge is 2.29. The maximum Gasteiger partial charge on any atom is 0.244 e. The van der Waals surface area contributed by atoms with Crippen molar-refractivity contribution in [3.8, 4) is 0 Å². The Kier molecular flexibility index (Phi) is 6.20. The molecule has 1 amide bonds. The van der Waals surface area contributed by atoms with Crippen LogP contribution in [0, 0.1) is 13.8 Å². The van der Waals surface area contributed by atoms with E-state index >= 15 is 0 Å². The fraction of sp³-hybridized carbons (Fsp3) is 0.435. The van der Waals surface area contributed by atoms with Crippen LogP contribution in [0.4, 0.5) is 22.9 Å². The van der Waals surface area contributed by atoms with Gasteiger partial charge in [-0.25, -0.2) is 4.98 Å². The predicted octanol–water partition coefficient (Wildman–Crippen LogP) is 4.62. The summed E-state index contributed by atoms with van der Waals surface area (Å²) in [5, 5.41) is 3.06. The zero-order chi connectivity index (χ0) is 21.1. The molecule has 0 aliphatic carbocycles. The number of rotatable bonds is 7. The second-order valence-corrected chi connectivity index (χ2v) is 7.61. The molecule has 0 spiro atoms. The van der Waals surface area contributed by atoms with Crippen LogP contribution in [0.2, 0.25) is 0 Å². The second kappa shape index (κ2) is 8.64. The summed E-state index contributed by atoms with van der Waals surface area (Å²) in [6.07, 6.45) is 2.20. The van der Waals surface area contributed by atoms with Crippen molar-refractivity contribution in [3.63, 3.8) is 0 Å². The molecular formula is C23H30N4O2. The number of unbranched alkanes of at least 4 members (excludes halogenated alkanes) is 1. The number of amides is 1. The molecule has 0 saturated carbocycles. The van der Waals surface area contributed by atoms with Crippen molar-refractivity contribution in [1.29, 1.82) is 0 Å². The average Bonchev–Trinajstić information content (AvgIpc) is 2.68. The number of hydrogen-bond acceptors (Lipinski definition) is 5. The molecule has 0 fully saturated rings. The molecule has 1 aliphatic rings. The van der Waals surface area contributed by atoms with E-state index in [-0.39, 0.29) is 18.2 Å². The van der Waals surface area contributed by atoms with Crippen LogP contribution in [0.5, 0.6) is 0 Å². The molecule has 29 heavy (non-hydrogen) atoms. The third-order valence-electron chi connectivity index (χ3n) is 5.33. The van der Waals surface area contributed by atoms with Gasteiger partial charge in [-0.05, 0) is 63.9 Å². The minimum Gasteiger partial charge on any atom is -0.370 e. The van der Waals surface area contributed by atoms with Gasteiger partial charge < -0.3 is 15.1 Å². The Morgan fingerprint density at radius 1 is 1.24 bits per heavy atom. The lowest BCUT2D eigenvalue weighted by atomic mass is 10.0. The normalized spacial score (nSPS) is 13.1. The fourth-order valence-electron chi connectivity index (χ4n) is 3.78. The number of hydrogen-bond donors (Lipinski definition) is 1. The van der Waals surface area contributed by atoms with Gasteiger partial charge in [-0.3, -0.25) is 9.59 Å². The molecule has 1 aromatic heterocycles. The second-order valence-electron chi connectivity index (χ2n) is 7.61. The van der Waals surface area contributed by atoms with Crippen molar-refractivity contribution in [2.45, 2.75) is 47.5 Å². The first-order valence-corrected chi connectivity index (χ1v) is 10.3. The quantitative estimate of drug-likeness (QED) is 0.694. The van der Waals surface area contributed by atoms with Gasteiger partial charge in [-0.1, -0.05) is 13.3 Å². The topological polar surface area (TPSA) is 65.5 Å². The Morgan fingerprint density at radius 3 is 2.62 bits per heavy atom. The van der Waals surface area contributed by atoms with Gasteiger partial charge in [0.05, 0.1) is 5.69 Å². The van der Waals surface area contributed by atoms with Gasteiger partial charge in [0.25, 0.3) is 0 Å². The fourth-order valence-corrected chi connectivity index (χ4v) is 3.78. The van der Waals surface area contributed by atoms with E-state index in [1.54, 1.807) is 6.92 Å². The summed E-state index contributed by atoms with van der Waals surface area (Å²) in [7, 11) is 0. The first-order chi connectivity index (χ1) is 13.8. The van der Waals surface area contributed by atoms with Gasteiger partial charge >= 0.3 is 0 Å². The summed E-state index contributed by atoms with van der Waals surface area (Å²) in [5.41, 5.74) is 5.20. The van der Waals surface area contributed by atoms with E-state index in [4.69, 9.17) is 4.98 Å². The third kappa shape index (κ3) is 4.26. The first kappa shape index (κ1) is 20.8. The molecule has 1 aliphatic heterocycles. The number of carbonyl (C=O) groups is 2. The van der Waals surface area contributed by atoms with Crippen molar-refractivity contribution in [3.05, 3.63) is 41.1 Å². The van der Waals surface area contributed by atoms with Gasteiger partial charge in [0.1, 0.15) is 12.2 Å². The van der Waals surface area contributed by atoms with E-state index in [1.165, 1.54) is 0 Å². The van der Waals surface area contributed by atoms with Crippen molar-refractivity contribution < 1.29 is 9.59 Å². The number of anilines is 4. The Labute approximate surface area is 172 Å². The Balaban J connectivity index is 2.12. The van der Waals surface area contributed by atoms with E-state index in [1.807, 2.05) is 43.0 Å². The van der Waals surface area contributed by atoms with E-state index in [0.717, 1.165) is 60.1 Å². The Hall–Kier alpha value is -2.89. The summed E-state index contributed by atoms with van der Waals surface area (Å²) in [6, 6.07) is 7.65. The molecule has 0 unspecified atom stereocenters. The van der Waals surface area contributed by atoms with Gasteiger partial charge in [0.2, 0.25) is 5.91 Å². The lowest BCUT2D eigenvalue weighted by Crippen LogP contribution is -2.38. The first-order valence-electron chi connectivity index (χ1n) is 10.3. The number of aromatic nitrogens is 1. The molecule has 6 heteroatoms. The molecule has 1 N–H and O–H groups in total. The molecule has 6 nitrogen and oxygen atoms in total. The number of ketones is 1. The lowest BCUT2D eigenvalue weighted by molar-refractivity contribution is -0.115. The highest BCUT2D eigenvalue weighted by atomic mass is 16.2. The van der Waals surface area contributed by atoms with Crippen molar-refractivity contribution >= 4 is 34.6 Å². The van der Waals surface area contributed by atoms with E-state index in [0.29, 0.717) is 5.56 Å². The van der Waals surface area contributed by atoms with Crippen LogP contribution in [-0.4, -0.2) is 36.3 Å². The number of carbonyl (C=O) groups excluding carboxylic acids is 2. The number of nitrogens with one attached hydrogen (secondary N) is 1. The minimum absolute atomic E-state index is 0.0298. The zero-order valence-corrected chi connectivity index (χ0v) is 18.0. The molecule has 2 heterocycles. The number of benzene rings is 1. The number of aryl methyl sites for hydroxylation is 2. The molecule has 0 atom stereocenters. The van der Waals surface area contributed by atoms with Gasteiger partial charge in [0, 0.05) is 30.0 Å². The molecule has 154 valence electrons. The van der Waals surface area contributed by atoms with Crippen LogP contribution >= 0.6 is 0 Å². The van der Waals surface area contributed by atoms with Crippen LogP contribution in [0.25, 0.3) is 0 Å². The van der Waals surface area contributed by atoms with Crippen LogP contribution in [0.1, 0.15) is 55.2 Å². The van der Waals surface area contributed by atoms with Crippen LogP contribution in [0.15, 0.2) is 24.3 Å². The summed E-state index contributed by atoms with van der Waals surface area (Å²) in [6.45, 7) is 11.8. The molecule has 0 radical (unpaired) electrons. The molecule has 1 aromatic carbocycles. The van der Waals surface area contributed by atoms with Crippen molar-refractivity contribution in [2.75, 3.05) is 34.8 Å². The smallest absolute Gasteiger partial charge is 0.244 e. The van der Waals surface area contributed by atoms with Crippen LogP contribution in [-0.2, 0) is 4.79 Å². The molecular weight excluding hydrogens is 364 g/mol. The summed E-state index contributed by atoms with van der Waals surface area (Å²) in [4.78, 5) is 33.4.